The summed E-state index contributed by atoms with van der Waals surface area (Å²) in [6.45, 7) is 7.81. The Morgan fingerprint density at radius 2 is 0.695 bits per heavy atom. The highest BCUT2D eigenvalue weighted by Gasteiger charge is 2.31. The molecule has 5 aromatic carbocycles. The number of alkyl halides is 1. The molecule has 46 heteroatoms. The average molecular weight is 1830 g/mol. The van der Waals surface area contributed by atoms with E-state index in [0.717, 1.165) is 70.2 Å². The highest BCUT2D eigenvalue weighted by Crippen LogP contribution is 2.30. The lowest BCUT2D eigenvalue weighted by Crippen LogP contribution is -2.53. The normalized spacial score (nSPS) is 11.9. The summed E-state index contributed by atoms with van der Waals surface area (Å²) in [7, 11) is 6.78. The maximum absolute atomic E-state index is 13.8. The lowest BCUT2D eigenvalue weighted by molar-refractivity contribution is -0.143. The number of carbonyl (C=O) groups excluding carboxylic acids is 9. The number of carboxylic acids is 2. The van der Waals surface area contributed by atoms with Crippen LogP contribution in [0.25, 0.3) is 0 Å². The van der Waals surface area contributed by atoms with Crippen molar-refractivity contribution in [3.05, 3.63) is 148 Å². The molecule has 0 bridgehead atoms. The molecule has 5 aromatic rings. The Kier molecular flexibility index (Phi) is 58.8. The first-order chi connectivity index (χ1) is 54.3. The topological polar surface area (TPSA) is 399 Å². The molecule has 118 heavy (non-hydrogen) atoms. The van der Waals surface area contributed by atoms with Gasteiger partial charge in [-0.25, -0.2) is 43.9 Å². The van der Waals surface area contributed by atoms with E-state index < -0.39 is 230 Å². The molecular formula is C72H87BrCl2F16N6O21. The van der Waals surface area contributed by atoms with Gasteiger partial charge in [-0.15, -0.1) is 24.8 Å². The lowest BCUT2D eigenvalue weighted by atomic mass is 10.0. The standard InChI is InChI=1S/C23H21F6N3O6.C13H14F4O3.C12H13F4NO3.C11H10F2N2O4.C7H13BrO2.C5H10O2.CH4O.2ClH/c1-10(30-22(35)23(36)32-19-11(24)4-3-5-12(19)25)21(34)31-15(6-7-37-2)16(33)9-38-20-17(28)13(26)8-14(27)18(20)29;1-7(3-4-19-2)10(18)6-20-13-11(16)8(14)5-9(15)12(13)17;1-19-3-2-8(17)9(18)5-20-12-10(15)6(13)4-7(14)11(12)16;1-5(11(18)19)14-9(16)10(17)15-8-6(12)3-2-4-7(8)13;1-6(3-4-10-2)7(9)5-8;1-3-4(2)5(6)7;1-2;;/h3-5,8,10,15H,6-7,9H2,1-2H3,(H,30,35)(H,31,34)(H,32,36);5,7H,3-4,6H2,1-2H3;4,8H,2-3,5,17H2,1H3;2-5H,1H3,(H,14,16)(H,15,17)(H,18,19);6H,3-5H2,1-2H3;4H,3H2,1-2H3,(H,6,7);2H,1H3;2*1H/t10-,15-;7-;8-;5-;6-;4-;;;/m000000.../s1. The van der Waals surface area contributed by atoms with Gasteiger partial charge in [-0.05, 0) is 70.2 Å². The summed E-state index contributed by atoms with van der Waals surface area (Å²) in [6, 6.07) is 0.499. The monoisotopic (exact) mass is 1820 g/mol. The Bertz CT molecular complexity index is 3900. The molecule has 0 unspecified atom stereocenters. The highest BCUT2D eigenvalue weighted by molar-refractivity contribution is 9.09. The van der Waals surface area contributed by atoms with Gasteiger partial charge in [0, 0.05) is 92.0 Å². The van der Waals surface area contributed by atoms with Gasteiger partial charge in [-0.1, -0.05) is 55.8 Å². The van der Waals surface area contributed by atoms with Crippen molar-refractivity contribution < 1.29 is 171 Å². The van der Waals surface area contributed by atoms with Crippen molar-refractivity contribution in [2.24, 2.45) is 23.5 Å². The van der Waals surface area contributed by atoms with Crippen molar-refractivity contribution >= 4 is 117 Å². The van der Waals surface area contributed by atoms with Crippen LogP contribution in [0.3, 0.4) is 0 Å². The van der Waals surface area contributed by atoms with Gasteiger partial charge in [0.15, 0.2) is 69.5 Å². The van der Waals surface area contributed by atoms with Crippen LogP contribution in [0.2, 0.25) is 0 Å². The van der Waals surface area contributed by atoms with Gasteiger partial charge < -0.3 is 80.8 Å². The van der Waals surface area contributed by atoms with E-state index >= 15 is 0 Å². The van der Waals surface area contributed by atoms with Gasteiger partial charge in [0.05, 0.1) is 23.3 Å². The fraction of sp³-hybridized carbons (Fsp3) is 0.431. The molecule has 0 fully saturated rings. The van der Waals surface area contributed by atoms with Crippen LogP contribution in [0, 0.1) is 111 Å². The number of hydrogen-bond acceptors (Lipinski definition) is 20. The van der Waals surface area contributed by atoms with Crippen LogP contribution in [0.1, 0.15) is 73.6 Å². The second-order valence-electron chi connectivity index (χ2n) is 23.3. The number of nitrogens with two attached hydrogens (primary N) is 1. The molecule has 0 spiro atoms. The minimum atomic E-state index is -1.88. The summed E-state index contributed by atoms with van der Waals surface area (Å²) >= 11 is 3.12. The van der Waals surface area contributed by atoms with Crippen LogP contribution in [0.4, 0.5) is 81.6 Å². The number of carbonyl (C=O) groups is 11. The summed E-state index contributed by atoms with van der Waals surface area (Å²) in [4.78, 5) is 126. The Balaban J connectivity index is -0.000000703. The number of ketones is 4. The third kappa shape index (κ3) is 41.0. The molecule has 0 saturated heterocycles. The van der Waals surface area contributed by atoms with Gasteiger partial charge >= 0.3 is 35.6 Å². The Morgan fingerprint density at radius 3 is 0.992 bits per heavy atom. The minimum Gasteiger partial charge on any atom is -0.481 e. The predicted octanol–water partition coefficient (Wildman–Crippen LogP) is 10.2. The van der Waals surface area contributed by atoms with E-state index in [1.807, 2.05) is 24.5 Å². The van der Waals surface area contributed by atoms with Gasteiger partial charge in [-0.3, -0.25) is 52.7 Å². The summed E-state index contributed by atoms with van der Waals surface area (Å²) in [5.74, 6) is -39.9. The number of hydrogen-bond donors (Lipinski definition) is 9. The quantitative estimate of drug-likeness (QED) is 0.00787. The number of nitrogens with one attached hydrogen (secondary N) is 5. The fourth-order valence-corrected chi connectivity index (χ4v) is 8.06. The number of methoxy groups -OCH3 is 4. The molecule has 5 amide bonds. The first-order valence-electron chi connectivity index (χ1n) is 33.4. The van der Waals surface area contributed by atoms with Crippen LogP contribution < -0.4 is 46.5 Å². The number of Topliss-reactive ketones (excluding diaryl/α,β-unsaturated/α-hetero) is 4. The number of benzene rings is 5. The second-order valence-corrected chi connectivity index (χ2v) is 23.9. The summed E-state index contributed by atoms with van der Waals surface area (Å²) < 4.78 is 245. The molecule has 0 heterocycles. The number of aliphatic hydroxyl groups excluding tert-OH is 1. The summed E-state index contributed by atoms with van der Waals surface area (Å²) in [6.07, 6.45) is 1.93. The SMILES string of the molecule is CC[C@H](C)C(=O)O.CO.COCC[C@H](C)C(=O)CBr.COCC[C@H](C)C(=O)COc1c(F)c(F)cc(F)c1F.COCC[C@H](N)C(=O)COc1c(F)c(F)cc(F)c1F.COCC[C@H](NC(=O)[C@H](C)NC(=O)C(=O)Nc1c(F)cccc1F)C(=O)COc1c(F)c(F)cc(F)c1F.C[C@H](NC(=O)C(=O)Nc1c(F)cccc1F)C(=O)O.Cl.Cl. The molecule has 10 N–H and O–H groups in total. The Hall–Kier alpha value is -9.83. The molecular weight excluding hydrogens is 1740 g/mol. The van der Waals surface area contributed by atoms with Crippen molar-refractivity contribution in [2.45, 2.75) is 97.8 Å². The number of aliphatic hydroxyl groups is 1. The van der Waals surface area contributed by atoms with Crippen LogP contribution >= 0.6 is 40.7 Å². The van der Waals surface area contributed by atoms with Crippen molar-refractivity contribution in [1.82, 2.24) is 16.0 Å². The molecule has 27 nitrogen and oxygen atoms in total. The van der Waals surface area contributed by atoms with Crippen molar-refractivity contribution in [3.8, 4) is 17.2 Å². The smallest absolute Gasteiger partial charge is 0.325 e. The van der Waals surface area contributed by atoms with Crippen LogP contribution in [-0.4, -0.2) is 191 Å². The van der Waals surface area contributed by atoms with E-state index in [0.29, 0.717) is 25.0 Å². The number of halogens is 19. The zero-order valence-electron chi connectivity index (χ0n) is 64.4. The predicted molar refractivity (Wildman–Crippen MR) is 396 cm³/mol. The Labute approximate surface area is 685 Å². The second kappa shape index (κ2) is 60.6. The summed E-state index contributed by atoms with van der Waals surface area (Å²) in [5, 5.41) is 33.6. The number of anilines is 2. The van der Waals surface area contributed by atoms with Gasteiger partial charge in [0.25, 0.3) is 0 Å². The molecule has 0 aliphatic heterocycles. The third-order valence-corrected chi connectivity index (χ3v) is 15.3. The number of amides is 5. The highest BCUT2D eigenvalue weighted by atomic mass is 79.9. The van der Waals surface area contributed by atoms with Crippen molar-refractivity contribution in [2.75, 3.05) is 97.8 Å². The minimum absolute atomic E-state index is 0. The van der Waals surface area contributed by atoms with E-state index in [2.05, 4.69) is 35.5 Å². The molecule has 0 aliphatic rings. The van der Waals surface area contributed by atoms with Gasteiger partial charge in [0.1, 0.15) is 72.3 Å². The maximum atomic E-state index is 13.8. The van der Waals surface area contributed by atoms with E-state index in [1.165, 1.54) is 21.3 Å². The van der Waals surface area contributed by atoms with Crippen LogP contribution in [0.15, 0.2) is 54.6 Å². The molecule has 0 aliphatic carbocycles. The van der Waals surface area contributed by atoms with E-state index in [-0.39, 0.29) is 86.7 Å². The average Bonchev–Trinajstić information content (AvgIpc) is 0.828. The van der Waals surface area contributed by atoms with Gasteiger partial charge in [0.2, 0.25) is 40.8 Å². The zero-order chi connectivity index (χ0) is 89.6. The number of rotatable bonds is 35. The number of para-hydroxylation sites is 2. The first kappa shape index (κ1) is 114. The van der Waals surface area contributed by atoms with Crippen molar-refractivity contribution in [3.63, 3.8) is 0 Å². The fourth-order valence-electron chi connectivity index (χ4n) is 7.51. The molecule has 664 valence electrons. The first-order valence-corrected chi connectivity index (χ1v) is 34.6. The Morgan fingerprint density at radius 1 is 0.398 bits per heavy atom. The number of ether oxygens (including phenoxy) is 7. The lowest BCUT2D eigenvalue weighted by Gasteiger charge is -2.21. The summed E-state index contributed by atoms with van der Waals surface area (Å²) in [5.41, 5.74) is 3.80. The zero-order valence-corrected chi connectivity index (χ0v) is 67.7. The number of carboxylic acid groups (broad SMARTS) is 2. The van der Waals surface area contributed by atoms with E-state index in [4.69, 9.17) is 40.0 Å². The maximum Gasteiger partial charge on any atom is 0.325 e. The molecule has 5 rings (SSSR count). The third-order valence-electron chi connectivity index (χ3n) is 14.7. The van der Waals surface area contributed by atoms with E-state index in [9.17, 15) is 123 Å². The van der Waals surface area contributed by atoms with E-state index in [1.54, 1.807) is 31.6 Å². The molecule has 0 radical (unpaired) electrons. The largest absolute Gasteiger partial charge is 0.481 e. The molecule has 0 aromatic heterocycles. The van der Waals surface area contributed by atoms with Gasteiger partial charge in [-0.2, -0.15) is 26.3 Å². The molecule has 7 atom stereocenters. The molecule has 0 saturated carbocycles. The van der Waals surface area contributed by atoms with Crippen LogP contribution in [0.5, 0.6) is 17.2 Å². The van der Waals surface area contributed by atoms with Crippen LogP contribution in [-0.2, 0) is 71.7 Å². The number of aliphatic carboxylic acids is 2. The van der Waals surface area contributed by atoms with Crippen molar-refractivity contribution in [1.29, 1.82) is 0 Å².